The zero-order valence-electron chi connectivity index (χ0n) is 10.7. The first-order valence-electron chi connectivity index (χ1n) is 5.95. The van der Waals surface area contributed by atoms with Gasteiger partial charge in [-0.25, -0.2) is 14.3 Å². The summed E-state index contributed by atoms with van der Waals surface area (Å²) in [6, 6.07) is 6.09. The van der Waals surface area contributed by atoms with Gasteiger partial charge in [-0.2, -0.15) is 4.31 Å². The highest BCUT2D eigenvalue weighted by molar-refractivity contribution is 7.89. The Kier molecular flexibility index (Phi) is 4.55. The summed E-state index contributed by atoms with van der Waals surface area (Å²) in [6.07, 6.45) is 0. The quantitative estimate of drug-likeness (QED) is 0.446. The molecule has 1 aromatic carbocycles. The van der Waals surface area contributed by atoms with Gasteiger partial charge < -0.3 is 10.5 Å². The molecule has 7 nitrogen and oxygen atoms in total. The van der Waals surface area contributed by atoms with Crippen LogP contribution >= 0.6 is 12.2 Å². The number of hydrogen-bond donors (Lipinski definition) is 2. The van der Waals surface area contributed by atoms with Crippen LogP contribution in [0.1, 0.15) is 0 Å². The van der Waals surface area contributed by atoms with Gasteiger partial charge in [0.1, 0.15) is 0 Å². The van der Waals surface area contributed by atoms with E-state index in [4.69, 9.17) is 28.5 Å². The maximum atomic E-state index is 12.4. The zero-order valence-corrected chi connectivity index (χ0v) is 12.4. The Morgan fingerprint density at radius 1 is 1.25 bits per heavy atom. The molecule has 0 unspecified atom stereocenters. The summed E-state index contributed by atoms with van der Waals surface area (Å²) in [6.45, 7) is 1.55. The van der Waals surface area contributed by atoms with Gasteiger partial charge in [0.15, 0.2) is 5.11 Å². The van der Waals surface area contributed by atoms with Gasteiger partial charge >= 0.3 is 0 Å². The third-order valence-electron chi connectivity index (χ3n) is 2.96. The lowest BCUT2D eigenvalue weighted by atomic mass is 10.3. The predicted octanol–water partition coefficient (Wildman–Crippen LogP) is -0.369. The first-order valence-corrected chi connectivity index (χ1v) is 7.80. The highest BCUT2D eigenvalue weighted by atomic mass is 32.2. The Balaban J connectivity index is 2.22. The van der Waals surface area contributed by atoms with Crippen LogP contribution in [0, 0.1) is 0 Å². The summed E-state index contributed by atoms with van der Waals surface area (Å²) >= 11 is 4.75. The lowest BCUT2D eigenvalue weighted by Gasteiger charge is -2.26. The topological polar surface area (TPSA) is 102 Å². The Bertz CT molecular complexity index is 582. The number of hydrazine groups is 1. The van der Waals surface area contributed by atoms with E-state index in [2.05, 4.69) is 0 Å². The number of rotatable bonds is 3. The van der Waals surface area contributed by atoms with E-state index in [-0.39, 0.29) is 10.0 Å². The number of sulfonamides is 1. The van der Waals surface area contributed by atoms with E-state index >= 15 is 0 Å². The van der Waals surface area contributed by atoms with Gasteiger partial charge in [-0.15, -0.1) is 0 Å². The second-order valence-corrected chi connectivity index (χ2v) is 6.57. The van der Waals surface area contributed by atoms with Crippen LogP contribution in [0.15, 0.2) is 29.2 Å². The van der Waals surface area contributed by atoms with E-state index in [9.17, 15) is 8.42 Å². The standard InChI is InChI=1S/C11H16N4O3S2/c12-11(19)15(13)9-1-3-10(4-2-9)20(16,17)14-5-7-18-8-6-14/h1-4H,5-8,13H2,(H2,12,19). The summed E-state index contributed by atoms with van der Waals surface area (Å²) in [5.41, 5.74) is 5.93. The molecule has 1 aliphatic rings. The van der Waals surface area contributed by atoms with Crippen LogP contribution in [-0.2, 0) is 14.8 Å². The minimum Gasteiger partial charge on any atom is -0.379 e. The van der Waals surface area contributed by atoms with Crippen molar-refractivity contribution in [2.45, 2.75) is 4.90 Å². The Labute approximate surface area is 123 Å². The summed E-state index contributed by atoms with van der Waals surface area (Å²) in [5, 5.41) is 1.12. The number of morpholine rings is 1. The molecule has 110 valence electrons. The Morgan fingerprint density at radius 2 is 1.80 bits per heavy atom. The highest BCUT2D eigenvalue weighted by Crippen LogP contribution is 2.20. The molecule has 0 spiro atoms. The molecular weight excluding hydrogens is 300 g/mol. The van der Waals surface area contributed by atoms with Crippen LogP contribution in [0.3, 0.4) is 0 Å². The molecular formula is C11H16N4O3S2. The maximum Gasteiger partial charge on any atom is 0.243 e. The van der Waals surface area contributed by atoms with Crippen molar-refractivity contribution in [2.75, 3.05) is 31.3 Å². The average molecular weight is 316 g/mol. The summed E-state index contributed by atoms with van der Waals surface area (Å²) < 4.78 is 31.3. The second kappa shape index (κ2) is 6.02. The molecule has 1 aliphatic heterocycles. The van der Waals surface area contributed by atoms with E-state index in [0.717, 1.165) is 5.01 Å². The van der Waals surface area contributed by atoms with Crippen molar-refractivity contribution in [3.63, 3.8) is 0 Å². The van der Waals surface area contributed by atoms with Crippen molar-refractivity contribution in [3.8, 4) is 0 Å². The van der Waals surface area contributed by atoms with E-state index in [1.54, 1.807) is 12.1 Å². The molecule has 0 aliphatic carbocycles. The number of hydrogen-bond acceptors (Lipinski definition) is 5. The number of thiocarbonyl (C=S) groups is 1. The fourth-order valence-corrected chi connectivity index (χ4v) is 3.36. The Morgan fingerprint density at radius 3 is 2.30 bits per heavy atom. The molecule has 1 fully saturated rings. The Hall–Kier alpha value is -1.26. The number of anilines is 1. The fourth-order valence-electron chi connectivity index (χ4n) is 1.84. The number of nitrogens with two attached hydrogens (primary N) is 2. The van der Waals surface area contributed by atoms with E-state index in [0.29, 0.717) is 32.0 Å². The van der Waals surface area contributed by atoms with Crippen LogP contribution in [0.2, 0.25) is 0 Å². The molecule has 0 bridgehead atoms. The van der Waals surface area contributed by atoms with Crippen LogP contribution < -0.4 is 16.6 Å². The lowest BCUT2D eigenvalue weighted by Crippen LogP contribution is -2.41. The maximum absolute atomic E-state index is 12.4. The fraction of sp³-hybridized carbons (Fsp3) is 0.364. The normalized spacial score (nSPS) is 16.9. The molecule has 2 rings (SSSR count). The minimum absolute atomic E-state index is 0.00814. The van der Waals surface area contributed by atoms with Crippen molar-refractivity contribution in [3.05, 3.63) is 24.3 Å². The molecule has 0 amide bonds. The number of ether oxygens (including phenoxy) is 1. The van der Waals surface area contributed by atoms with Crippen LogP contribution in [0.4, 0.5) is 5.69 Å². The van der Waals surface area contributed by atoms with Crippen molar-refractivity contribution in [1.29, 1.82) is 0 Å². The van der Waals surface area contributed by atoms with E-state index < -0.39 is 10.0 Å². The van der Waals surface area contributed by atoms with Crippen molar-refractivity contribution in [1.82, 2.24) is 4.31 Å². The van der Waals surface area contributed by atoms with Gasteiger partial charge in [0.05, 0.1) is 23.8 Å². The number of benzene rings is 1. The van der Waals surface area contributed by atoms with E-state index in [1.165, 1.54) is 16.4 Å². The molecule has 0 atom stereocenters. The molecule has 1 heterocycles. The second-order valence-electron chi connectivity index (χ2n) is 4.22. The third-order valence-corrected chi connectivity index (χ3v) is 5.07. The summed E-state index contributed by atoms with van der Waals surface area (Å²) in [5.74, 6) is 5.63. The molecule has 1 aromatic rings. The third kappa shape index (κ3) is 3.07. The summed E-state index contributed by atoms with van der Waals surface area (Å²) in [7, 11) is -3.49. The smallest absolute Gasteiger partial charge is 0.243 e. The van der Waals surface area contributed by atoms with Gasteiger partial charge in [0, 0.05) is 13.1 Å². The van der Waals surface area contributed by atoms with Gasteiger partial charge in [-0.3, -0.25) is 5.01 Å². The molecule has 0 saturated carbocycles. The molecule has 4 N–H and O–H groups in total. The van der Waals surface area contributed by atoms with E-state index in [1.807, 2.05) is 0 Å². The number of nitrogens with zero attached hydrogens (tertiary/aromatic N) is 2. The molecule has 0 radical (unpaired) electrons. The molecule has 1 saturated heterocycles. The average Bonchev–Trinajstić information content (AvgIpc) is 2.47. The first kappa shape index (κ1) is 15.1. The van der Waals surface area contributed by atoms with Gasteiger partial charge in [0.2, 0.25) is 10.0 Å². The lowest BCUT2D eigenvalue weighted by molar-refractivity contribution is 0.0730. The van der Waals surface area contributed by atoms with Gasteiger partial charge in [-0.1, -0.05) is 0 Å². The highest BCUT2D eigenvalue weighted by Gasteiger charge is 2.26. The molecule has 20 heavy (non-hydrogen) atoms. The minimum atomic E-state index is -3.49. The van der Waals surface area contributed by atoms with Crippen molar-refractivity contribution >= 4 is 33.0 Å². The van der Waals surface area contributed by atoms with Gasteiger partial charge in [0.25, 0.3) is 0 Å². The predicted molar refractivity (Wildman–Crippen MR) is 79.5 cm³/mol. The first-order chi connectivity index (χ1) is 9.43. The van der Waals surface area contributed by atoms with Gasteiger partial charge in [-0.05, 0) is 36.5 Å². The molecule has 9 heteroatoms. The zero-order chi connectivity index (χ0) is 14.8. The van der Waals surface area contributed by atoms with Crippen LogP contribution in [0.5, 0.6) is 0 Å². The van der Waals surface area contributed by atoms with Crippen LogP contribution in [0.25, 0.3) is 0 Å². The largest absolute Gasteiger partial charge is 0.379 e. The molecule has 0 aromatic heterocycles. The monoisotopic (exact) mass is 316 g/mol. The van der Waals surface area contributed by atoms with Crippen molar-refractivity contribution < 1.29 is 13.2 Å². The van der Waals surface area contributed by atoms with Crippen molar-refractivity contribution in [2.24, 2.45) is 11.6 Å². The summed E-state index contributed by atoms with van der Waals surface area (Å²) in [4.78, 5) is 0.208. The SMILES string of the molecule is NC(=S)N(N)c1ccc(S(=O)(=O)N2CCOCC2)cc1. The van der Waals surface area contributed by atoms with Crippen LogP contribution in [-0.4, -0.2) is 44.1 Å².